The fraction of sp³-hybridized carbons (Fsp3) is 0.533. The molecule has 0 amide bonds. The number of hydrogen-bond acceptors (Lipinski definition) is 4. The first-order valence-corrected chi connectivity index (χ1v) is 7.83. The molecule has 0 radical (unpaired) electrons. The highest BCUT2D eigenvalue weighted by Crippen LogP contribution is 2.23. The van der Waals surface area contributed by atoms with Crippen molar-refractivity contribution in [3.63, 3.8) is 0 Å². The van der Waals surface area contributed by atoms with E-state index in [1.54, 1.807) is 7.11 Å². The molecule has 1 aliphatic rings. The van der Waals surface area contributed by atoms with Gasteiger partial charge in [0.1, 0.15) is 4.62 Å². The number of ether oxygens (including phenoxy) is 1. The molecule has 0 saturated heterocycles. The van der Waals surface area contributed by atoms with Crippen LogP contribution in [0.5, 0.6) is 0 Å². The van der Waals surface area contributed by atoms with Gasteiger partial charge >= 0.3 is 0 Å². The van der Waals surface area contributed by atoms with E-state index in [9.17, 15) is 0 Å². The average molecular weight is 340 g/mol. The predicted molar refractivity (Wildman–Crippen MR) is 87.0 cm³/mol. The second-order valence-electron chi connectivity index (χ2n) is 5.12. The van der Waals surface area contributed by atoms with Crippen LogP contribution in [0.25, 0.3) is 0 Å². The molecule has 1 aromatic rings. The molecule has 0 unspecified atom stereocenters. The van der Waals surface area contributed by atoms with Gasteiger partial charge in [-0.3, -0.25) is 5.41 Å². The Labute approximate surface area is 128 Å². The van der Waals surface area contributed by atoms with Crippen molar-refractivity contribution in [2.45, 2.75) is 31.8 Å². The van der Waals surface area contributed by atoms with Crippen LogP contribution in [0.15, 0.2) is 18.2 Å². The molecule has 110 valence electrons. The fourth-order valence-electron chi connectivity index (χ4n) is 2.03. The van der Waals surface area contributed by atoms with Crippen molar-refractivity contribution >= 4 is 26.2 Å². The molecule has 0 aromatic heterocycles. The number of nitrogens with one attached hydrogen (secondary N) is 3. The monoisotopic (exact) mass is 339 g/mol. The maximum absolute atomic E-state index is 7.78. The lowest BCUT2D eigenvalue weighted by molar-refractivity contribution is 0.198. The van der Waals surface area contributed by atoms with E-state index in [-0.39, 0.29) is 0 Å². The van der Waals surface area contributed by atoms with Gasteiger partial charge in [-0.15, -0.1) is 0 Å². The lowest BCUT2D eigenvalue weighted by Gasteiger charge is -2.13. The van der Waals surface area contributed by atoms with Crippen LogP contribution in [0, 0.1) is 5.41 Å². The third-order valence-electron chi connectivity index (χ3n) is 3.33. The summed E-state index contributed by atoms with van der Waals surface area (Å²) >= 11 is 3.26. The van der Waals surface area contributed by atoms with Gasteiger partial charge < -0.3 is 15.4 Å². The molecule has 0 bridgehead atoms. The van der Waals surface area contributed by atoms with Crippen LogP contribution in [0.1, 0.15) is 30.4 Å². The van der Waals surface area contributed by atoms with Gasteiger partial charge in [-0.1, -0.05) is 6.07 Å². The molecule has 1 aliphatic carbocycles. The fourth-order valence-corrected chi connectivity index (χ4v) is 2.37. The third-order valence-corrected chi connectivity index (χ3v) is 3.76. The van der Waals surface area contributed by atoms with Crippen molar-refractivity contribution in [2.24, 2.45) is 0 Å². The van der Waals surface area contributed by atoms with Crippen LogP contribution in [0.4, 0.5) is 5.69 Å². The highest BCUT2D eigenvalue weighted by Gasteiger charge is 2.20. The minimum absolute atomic E-state index is 0.411. The smallest absolute Gasteiger partial charge is 0.106 e. The summed E-state index contributed by atoms with van der Waals surface area (Å²) < 4.78 is 5.46. The molecule has 1 aromatic carbocycles. The topological polar surface area (TPSA) is 57.1 Å². The maximum atomic E-state index is 7.78. The molecule has 0 atom stereocenters. The number of methoxy groups -OCH3 is 1. The minimum Gasteiger partial charge on any atom is -0.385 e. The number of halogens is 1. The molecule has 5 heteroatoms. The number of anilines is 1. The van der Waals surface area contributed by atoms with Crippen molar-refractivity contribution in [3.05, 3.63) is 29.3 Å². The Kier molecular flexibility index (Phi) is 6.01. The van der Waals surface area contributed by atoms with E-state index < -0.39 is 0 Å². The van der Waals surface area contributed by atoms with Gasteiger partial charge in [-0.2, -0.15) is 0 Å². The first kappa shape index (κ1) is 15.5. The van der Waals surface area contributed by atoms with Crippen molar-refractivity contribution in [1.29, 1.82) is 5.41 Å². The largest absolute Gasteiger partial charge is 0.385 e. The Morgan fingerprint density at radius 1 is 1.45 bits per heavy atom. The van der Waals surface area contributed by atoms with Gasteiger partial charge in [-0.05, 0) is 52.9 Å². The number of hydrogen-bond donors (Lipinski definition) is 3. The number of benzene rings is 1. The van der Waals surface area contributed by atoms with E-state index in [0.29, 0.717) is 10.7 Å². The lowest BCUT2D eigenvalue weighted by atomic mass is 10.1. The van der Waals surface area contributed by atoms with Crippen molar-refractivity contribution < 1.29 is 4.74 Å². The first-order chi connectivity index (χ1) is 9.70. The molecule has 2 rings (SSSR count). The molecule has 3 N–H and O–H groups in total. The van der Waals surface area contributed by atoms with E-state index >= 15 is 0 Å². The van der Waals surface area contributed by atoms with E-state index in [2.05, 4.69) is 38.7 Å². The lowest BCUT2D eigenvalue weighted by Crippen LogP contribution is -2.16. The SMILES string of the molecule is COCCCNc1cc(CNC2CC2)ccc1C(=N)Br. The molecule has 0 spiro atoms. The summed E-state index contributed by atoms with van der Waals surface area (Å²) in [5, 5.41) is 14.7. The van der Waals surface area contributed by atoms with Crippen LogP contribution >= 0.6 is 15.9 Å². The molecule has 4 nitrogen and oxygen atoms in total. The van der Waals surface area contributed by atoms with E-state index in [1.165, 1.54) is 18.4 Å². The predicted octanol–water partition coefficient (Wildman–Crippen LogP) is 3.11. The zero-order chi connectivity index (χ0) is 14.4. The van der Waals surface area contributed by atoms with Gasteiger partial charge in [0.25, 0.3) is 0 Å². The molecular formula is C15H22BrN3O. The number of rotatable bonds is 9. The quantitative estimate of drug-likeness (QED) is 0.478. The second kappa shape index (κ2) is 7.76. The third kappa shape index (κ3) is 4.89. The summed E-state index contributed by atoms with van der Waals surface area (Å²) in [6.45, 7) is 2.49. The van der Waals surface area contributed by atoms with Crippen LogP contribution < -0.4 is 10.6 Å². The Morgan fingerprint density at radius 3 is 2.90 bits per heavy atom. The summed E-state index contributed by atoms with van der Waals surface area (Å²) in [6.07, 6.45) is 3.55. The summed E-state index contributed by atoms with van der Waals surface area (Å²) in [5.74, 6) is 0. The molecular weight excluding hydrogens is 318 g/mol. The maximum Gasteiger partial charge on any atom is 0.106 e. The summed E-state index contributed by atoms with van der Waals surface area (Å²) in [6, 6.07) is 6.93. The highest BCUT2D eigenvalue weighted by atomic mass is 79.9. The molecule has 0 aliphatic heterocycles. The van der Waals surface area contributed by atoms with Crippen LogP contribution in [-0.4, -0.2) is 30.9 Å². The Bertz CT molecular complexity index is 460. The van der Waals surface area contributed by atoms with Crippen molar-refractivity contribution in [3.8, 4) is 0 Å². The minimum atomic E-state index is 0.411. The van der Waals surface area contributed by atoms with Crippen molar-refractivity contribution in [2.75, 3.05) is 25.6 Å². The molecule has 1 fully saturated rings. The van der Waals surface area contributed by atoms with Gasteiger partial charge in [0.2, 0.25) is 0 Å². The van der Waals surface area contributed by atoms with Gasteiger partial charge in [0, 0.05) is 44.1 Å². The zero-order valence-electron chi connectivity index (χ0n) is 11.8. The van der Waals surface area contributed by atoms with E-state index in [0.717, 1.165) is 37.4 Å². The molecule has 0 heterocycles. The van der Waals surface area contributed by atoms with Crippen LogP contribution in [0.3, 0.4) is 0 Å². The summed E-state index contributed by atoms with van der Waals surface area (Å²) in [7, 11) is 1.71. The summed E-state index contributed by atoms with van der Waals surface area (Å²) in [5.41, 5.74) is 3.17. The Balaban J connectivity index is 1.98. The van der Waals surface area contributed by atoms with E-state index in [1.807, 2.05) is 6.07 Å². The standard InChI is InChI=1S/C15H22BrN3O/c1-20-8-2-7-18-14-9-11(10-19-12-4-5-12)3-6-13(14)15(16)17/h3,6,9,12,17-19H,2,4-5,7-8,10H2,1H3. The summed E-state index contributed by atoms with van der Waals surface area (Å²) in [4.78, 5) is 0. The molecule has 20 heavy (non-hydrogen) atoms. The van der Waals surface area contributed by atoms with Gasteiger partial charge in [0.05, 0.1) is 0 Å². The van der Waals surface area contributed by atoms with Crippen LogP contribution in [0.2, 0.25) is 0 Å². The zero-order valence-corrected chi connectivity index (χ0v) is 13.4. The van der Waals surface area contributed by atoms with Gasteiger partial charge in [-0.25, -0.2) is 0 Å². The van der Waals surface area contributed by atoms with Crippen molar-refractivity contribution in [1.82, 2.24) is 5.32 Å². The second-order valence-corrected chi connectivity index (χ2v) is 5.92. The van der Waals surface area contributed by atoms with Gasteiger partial charge in [0.15, 0.2) is 0 Å². The van der Waals surface area contributed by atoms with E-state index in [4.69, 9.17) is 10.1 Å². The highest BCUT2D eigenvalue weighted by molar-refractivity contribution is 9.18. The Hall–Kier alpha value is -0.910. The normalized spacial score (nSPS) is 14.3. The van der Waals surface area contributed by atoms with Crippen LogP contribution in [-0.2, 0) is 11.3 Å². The first-order valence-electron chi connectivity index (χ1n) is 7.04. The Morgan fingerprint density at radius 2 is 2.25 bits per heavy atom. The average Bonchev–Trinajstić information content (AvgIpc) is 3.25. The molecule has 1 saturated carbocycles.